The first kappa shape index (κ1) is 16.5. The summed E-state index contributed by atoms with van der Waals surface area (Å²) in [5, 5.41) is 12.1. The predicted molar refractivity (Wildman–Crippen MR) is 94.3 cm³/mol. The number of carbonyl (C=O) groups is 2. The predicted octanol–water partition coefficient (Wildman–Crippen LogP) is 3.90. The molecule has 5 nitrogen and oxygen atoms in total. The minimum atomic E-state index is -0.473. The molecule has 1 aliphatic rings. The molecule has 0 unspecified atom stereocenters. The Morgan fingerprint density at radius 1 is 1.17 bits per heavy atom. The summed E-state index contributed by atoms with van der Waals surface area (Å²) in [7, 11) is 0. The van der Waals surface area contributed by atoms with Gasteiger partial charge in [0.25, 0.3) is 5.91 Å². The van der Waals surface area contributed by atoms with E-state index in [9.17, 15) is 14.7 Å². The van der Waals surface area contributed by atoms with Crippen LogP contribution >= 0.6 is 27.5 Å². The van der Waals surface area contributed by atoms with Crippen molar-refractivity contribution in [3.05, 3.63) is 68.8 Å². The first-order valence-corrected chi connectivity index (χ1v) is 8.18. The van der Waals surface area contributed by atoms with E-state index in [0.29, 0.717) is 5.56 Å². The summed E-state index contributed by atoms with van der Waals surface area (Å²) in [5.41, 5.74) is 1.61. The molecule has 0 radical (unpaired) electrons. The van der Waals surface area contributed by atoms with E-state index in [1.54, 1.807) is 6.07 Å². The minimum absolute atomic E-state index is 0.0440. The Hall–Kier alpha value is -2.31. The zero-order valence-corrected chi connectivity index (χ0v) is 14.6. The number of phenolic OH excluding ortho intramolecular Hbond substituents is 1. The molecular weight excluding hydrogens is 396 g/mol. The lowest BCUT2D eigenvalue weighted by atomic mass is 10.1. The summed E-state index contributed by atoms with van der Waals surface area (Å²) < 4.78 is 0.924. The first-order valence-electron chi connectivity index (χ1n) is 7.01. The minimum Gasteiger partial charge on any atom is -0.506 e. The number of halogens is 2. The summed E-state index contributed by atoms with van der Waals surface area (Å²) in [6.45, 7) is 0.186. The third kappa shape index (κ3) is 3.44. The maximum Gasteiger partial charge on any atom is 0.329 e. The highest BCUT2D eigenvalue weighted by atomic mass is 79.9. The molecule has 0 bridgehead atoms. The Bertz CT molecular complexity index is 849. The second kappa shape index (κ2) is 6.67. The molecular formula is C17H12BrClN2O3. The van der Waals surface area contributed by atoms with Gasteiger partial charge in [0, 0.05) is 4.47 Å². The van der Waals surface area contributed by atoms with E-state index in [2.05, 4.69) is 21.2 Å². The maximum atomic E-state index is 12.4. The number of imide groups is 1. The summed E-state index contributed by atoms with van der Waals surface area (Å²) in [6.07, 6.45) is 1.52. The molecule has 7 heteroatoms. The number of phenols is 1. The van der Waals surface area contributed by atoms with Crippen LogP contribution in [0, 0.1) is 0 Å². The van der Waals surface area contributed by atoms with E-state index in [-0.39, 0.29) is 23.0 Å². The van der Waals surface area contributed by atoms with Crippen molar-refractivity contribution < 1.29 is 14.7 Å². The van der Waals surface area contributed by atoms with Crippen molar-refractivity contribution in [1.82, 2.24) is 10.2 Å². The normalized spacial score (nSPS) is 15.9. The summed E-state index contributed by atoms with van der Waals surface area (Å²) in [5.74, 6) is -0.454. The monoisotopic (exact) mass is 406 g/mol. The van der Waals surface area contributed by atoms with Crippen LogP contribution in [0.4, 0.5) is 4.79 Å². The van der Waals surface area contributed by atoms with Gasteiger partial charge in [-0.15, -0.1) is 0 Å². The van der Waals surface area contributed by atoms with Crippen molar-refractivity contribution in [2.75, 3.05) is 0 Å². The molecule has 2 aromatic rings. The molecule has 0 aliphatic carbocycles. The van der Waals surface area contributed by atoms with E-state index in [1.165, 1.54) is 18.2 Å². The standard InChI is InChI=1S/C17H12BrClN2O3/c18-12-4-1-10(2-5-12)9-21-16(23)14(20-17(21)24)8-11-3-6-15(22)13(19)7-11/h1-8,22H,9H2,(H,20,24). The average Bonchev–Trinajstić information content (AvgIpc) is 2.80. The third-order valence-corrected chi connectivity index (χ3v) is 4.33. The van der Waals surface area contributed by atoms with Gasteiger partial charge in [-0.1, -0.05) is 45.7 Å². The second-order valence-corrected chi connectivity index (χ2v) is 6.54. The zero-order valence-electron chi connectivity index (χ0n) is 12.3. The van der Waals surface area contributed by atoms with Crippen LogP contribution in [-0.2, 0) is 11.3 Å². The molecule has 24 heavy (non-hydrogen) atoms. The molecule has 0 saturated carbocycles. The van der Waals surface area contributed by atoms with Gasteiger partial charge in [0.2, 0.25) is 0 Å². The molecule has 3 amide bonds. The fourth-order valence-electron chi connectivity index (χ4n) is 2.27. The molecule has 1 heterocycles. The van der Waals surface area contributed by atoms with E-state index >= 15 is 0 Å². The van der Waals surface area contributed by atoms with E-state index in [4.69, 9.17) is 11.6 Å². The van der Waals surface area contributed by atoms with E-state index in [0.717, 1.165) is 14.9 Å². The Balaban J connectivity index is 1.81. The van der Waals surface area contributed by atoms with Gasteiger partial charge in [-0.05, 0) is 41.5 Å². The number of nitrogens with one attached hydrogen (secondary N) is 1. The van der Waals surface area contributed by atoms with Crippen LogP contribution in [0.15, 0.2) is 52.6 Å². The molecule has 0 spiro atoms. The fourth-order valence-corrected chi connectivity index (χ4v) is 2.72. The average molecular weight is 408 g/mol. The lowest BCUT2D eigenvalue weighted by molar-refractivity contribution is -0.123. The van der Waals surface area contributed by atoms with Crippen LogP contribution in [0.3, 0.4) is 0 Å². The van der Waals surface area contributed by atoms with Crippen molar-refractivity contribution in [2.24, 2.45) is 0 Å². The molecule has 1 fully saturated rings. The molecule has 1 saturated heterocycles. The van der Waals surface area contributed by atoms with Gasteiger partial charge in [0.05, 0.1) is 11.6 Å². The van der Waals surface area contributed by atoms with Gasteiger partial charge in [0.1, 0.15) is 11.4 Å². The number of amides is 3. The summed E-state index contributed by atoms with van der Waals surface area (Å²) in [6, 6.07) is 11.4. The van der Waals surface area contributed by atoms with Gasteiger partial charge in [-0.2, -0.15) is 0 Å². The van der Waals surface area contributed by atoms with Crippen LogP contribution in [0.2, 0.25) is 5.02 Å². The number of urea groups is 1. The van der Waals surface area contributed by atoms with Gasteiger partial charge in [-0.25, -0.2) is 4.79 Å². The van der Waals surface area contributed by atoms with Crippen molar-refractivity contribution in [2.45, 2.75) is 6.54 Å². The number of benzene rings is 2. The van der Waals surface area contributed by atoms with Gasteiger partial charge >= 0.3 is 6.03 Å². The largest absolute Gasteiger partial charge is 0.506 e. The maximum absolute atomic E-state index is 12.4. The Morgan fingerprint density at radius 2 is 1.88 bits per heavy atom. The van der Waals surface area contributed by atoms with Crippen LogP contribution in [-0.4, -0.2) is 21.9 Å². The smallest absolute Gasteiger partial charge is 0.329 e. The second-order valence-electron chi connectivity index (χ2n) is 5.22. The van der Waals surface area contributed by atoms with Gasteiger partial charge in [0.15, 0.2) is 0 Å². The number of hydrogen-bond acceptors (Lipinski definition) is 3. The number of nitrogens with zero attached hydrogens (tertiary/aromatic N) is 1. The zero-order chi connectivity index (χ0) is 17.3. The number of rotatable bonds is 3. The van der Waals surface area contributed by atoms with E-state index < -0.39 is 11.9 Å². The summed E-state index contributed by atoms with van der Waals surface area (Å²) >= 11 is 9.19. The SMILES string of the molecule is O=C1NC(=Cc2ccc(O)c(Cl)c2)C(=O)N1Cc1ccc(Br)cc1. The molecule has 2 N–H and O–H groups in total. The van der Waals surface area contributed by atoms with Crippen molar-refractivity contribution >= 4 is 45.5 Å². The summed E-state index contributed by atoms with van der Waals surface area (Å²) in [4.78, 5) is 25.6. The Labute approximate surface area is 151 Å². The van der Waals surface area contributed by atoms with Gasteiger partial charge < -0.3 is 10.4 Å². The van der Waals surface area contributed by atoms with Crippen LogP contribution in [0.1, 0.15) is 11.1 Å². The van der Waals surface area contributed by atoms with Crippen LogP contribution in [0.25, 0.3) is 6.08 Å². The molecule has 2 aromatic carbocycles. The van der Waals surface area contributed by atoms with Crippen molar-refractivity contribution in [1.29, 1.82) is 0 Å². The van der Waals surface area contributed by atoms with Crippen LogP contribution < -0.4 is 5.32 Å². The topological polar surface area (TPSA) is 69.6 Å². The highest BCUT2D eigenvalue weighted by Gasteiger charge is 2.33. The van der Waals surface area contributed by atoms with E-state index in [1.807, 2.05) is 24.3 Å². The lowest BCUT2D eigenvalue weighted by Gasteiger charge is -2.11. The van der Waals surface area contributed by atoms with Gasteiger partial charge in [-0.3, -0.25) is 9.69 Å². The molecule has 122 valence electrons. The molecule has 0 atom stereocenters. The van der Waals surface area contributed by atoms with Crippen molar-refractivity contribution in [3.8, 4) is 5.75 Å². The third-order valence-electron chi connectivity index (χ3n) is 3.50. The fraction of sp³-hybridized carbons (Fsp3) is 0.0588. The number of hydrogen-bond donors (Lipinski definition) is 2. The number of carbonyl (C=O) groups excluding carboxylic acids is 2. The first-order chi connectivity index (χ1) is 11.4. The Kier molecular flexibility index (Phi) is 4.59. The molecule has 1 aliphatic heterocycles. The highest BCUT2D eigenvalue weighted by molar-refractivity contribution is 9.10. The quantitative estimate of drug-likeness (QED) is 0.599. The highest BCUT2D eigenvalue weighted by Crippen LogP contribution is 2.25. The van der Waals surface area contributed by atoms with Crippen LogP contribution in [0.5, 0.6) is 5.75 Å². The Morgan fingerprint density at radius 3 is 2.54 bits per heavy atom. The number of aromatic hydroxyl groups is 1. The molecule has 0 aromatic heterocycles. The van der Waals surface area contributed by atoms with Crippen molar-refractivity contribution in [3.63, 3.8) is 0 Å². The molecule has 3 rings (SSSR count). The lowest BCUT2D eigenvalue weighted by Crippen LogP contribution is -2.30.